The summed E-state index contributed by atoms with van der Waals surface area (Å²) >= 11 is 2.15. The predicted molar refractivity (Wildman–Crippen MR) is 54.2 cm³/mol. The van der Waals surface area contributed by atoms with Crippen molar-refractivity contribution in [2.75, 3.05) is 4.93 Å². The van der Waals surface area contributed by atoms with E-state index in [0.717, 1.165) is 6.42 Å². The molecule has 0 heterocycles. The van der Waals surface area contributed by atoms with Crippen LogP contribution in [0.15, 0.2) is 24.3 Å². The fraction of sp³-hybridized carbons (Fsp3) is 0.500. The second-order valence-corrected chi connectivity index (χ2v) is 1.09. The zero-order valence-electron chi connectivity index (χ0n) is 6.39. The largest absolute Gasteiger partial charge is 0.0901 e. The zero-order chi connectivity index (χ0) is 7.54. The summed E-state index contributed by atoms with van der Waals surface area (Å²) in [6.07, 6.45) is 9.50. The molecule has 1 rings (SSSR count). The van der Waals surface area contributed by atoms with Gasteiger partial charge in [0.25, 0.3) is 0 Å². The molecule has 0 nitrogen and oxygen atoms in total. The van der Waals surface area contributed by atoms with Gasteiger partial charge in [0.15, 0.2) is 0 Å². The molecule has 1 aliphatic rings. The number of halogens is 1. The lowest BCUT2D eigenvalue weighted by Crippen LogP contribution is -1.37. The summed E-state index contributed by atoms with van der Waals surface area (Å²) < 4.78 is 0. The lowest BCUT2D eigenvalue weighted by molar-refractivity contribution is 1.45. The third-order valence-corrected chi connectivity index (χ3v) is 0.655. The molecule has 0 saturated heterocycles. The predicted octanol–water partition coefficient (Wildman–Crippen LogP) is 3.58. The molecule has 0 aromatic rings. The Kier molecular flexibility index (Phi) is 20.9. The van der Waals surface area contributed by atoms with Gasteiger partial charge >= 0.3 is 0 Å². The molecule has 9 heavy (non-hydrogen) atoms. The minimum absolute atomic E-state index is 1.14. The molecule has 54 valence electrons. The van der Waals surface area contributed by atoms with Crippen LogP contribution in [-0.4, -0.2) is 4.93 Å². The van der Waals surface area contributed by atoms with Gasteiger partial charge in [0.05, 0.1) is 0 Å². The lowest BCUT2D eigenvalue weighted by atomic mass is 10.5. The van der Waals surface area contributed by atoms with E-state index in [1.807, 2.05) is 18.8 Å². The summed E-state index contributed by atoms with van der Waals surface area (Å²) in [4.78, 5) is 1.97. The van der Waals surface area contributed by atoms with Crippen LogP contribution in [0.25, 0.3) is 0 Å². The van der Waals surface area contributed by atoms with Crippen molar-refractivity contribution < 1.29 is 0 Å². The van der Waals surface area contributed by atoms with Gasteiger partial charge in [-0.05, 0) is 11.4 Å². The third kappa shape index (κ3) is 11.7. The van der Waals surface area contributed by atoms with Crippen molar-refractivity contribution in [3.8, 4) is 0 Å². The first kappa shape index (κ1) is 11.9. The quantitative estimate of drug-likeness (QED) is 0.447. The van der Waals surface area contributed by atoms with Gasteiger partial charge in [0.2, 0.25) is 0 Å². The lowest BCUT2D eigenvalue weighted by Gasteiger charge is -1.57. The van der Waals surface area contributed by atoms with Crippen LogP contribution in [0, 0.1) is 0 Å². The topological polar surface area (TPSA) is 0 Å². The van der Waals surface area contributed by atoms with Crippen LogP contribution in [0.2, 0.25) is 0 Å². The van der Waals surface area contributed by atoms with Crippen LogP contribution >= 0.6 is 22.6 Å². The van der Waals surface area contributed by atoms with Crippen molar-refractivity contribution in [2.24, 2.45) is 0 Å². The Labute approximate surface area is 72.2 Å². The Morgan fingerprint density at radius 2 is 1.33 bits per heavy atom. The molecule has 1 aliphatic carbocycles. The number of alkyl halides is 1. The third-order valence-electron chi connectivity index (χ3n) is 0.655. The molecule has 0 aliphatic heterocycles. The highest BCUT2D eigenvalue weighted by Gasteiger charge is 1.72. The first-order chi connectivity index (χ1) is 4.50. The molecule has 0 bridgehead atoms. The molecule has 0 saturated carbocycles. The second kappa shape index (κ2) is 15.7. The normalized spacial score (nSPS) is 11.1. The Balaban J connectivity index is 0. The van der Waals surface area contributed by atoms with Crippen LogP contribution in [0.4, 0.5) is 0 Å². The molecule has 0 unspecified atom stereocenters. The maximum absolute atomic E-state index is 2.15. The van der Waals surface area contributed by atoms with Crippen molar-refractivity contribution in [1.29, 1.82) is 0 Å². The average molecular weight is 238 g/mol. The first-order valence-electron chi connectivity index (χ1n) is 3.19. The van der Waals surface area contributed by atoms with E-state index in [4.69, 9.17) is 0 Å². The maximum atomic E-state index is 2.15. The summed E-state index contributed by atoms with van der Waals surface area (Å²) in [7, 11) is 0. The Hall–Kier alpha value is 0.210. The van der Waals surface area contributed by atoms with E-state index >= 15 is 0 Å². The van der Waals surface area contributed by atoms with Gasteiger partial charge in [0.1, 0.15) is 0 Å². The fourth-order valence-corrected chi connectivity index (χ4v) is 0.393. The molecular formula is C8H15I. The molecule has 0 aromatic carbocycles. The van der Waals surface area contributed by atoms with Crippen molar-refractivity contribution >= 4 is 22.6 Å². The molecule has 0 aromatic heterocycles. The number of hydrogen-bond acceptors (Lipinski definition) is 0. The van der Waals surface area contributed by atoms with E-state index in [1.165, 1.54) is 0 Å². The van der Waals surface area contributed by atoms with E-state index in [1.54, 1.807) is 0 Å². The monoisotopic (exact) mass is 238 g/mol. The molecular weight excluding hydrogens is 223 g/mol. The number of hydrogen-bond donors (Lipinski definition) is 0. The van der Waals surface area contributed by atoms with Gasteiger partial charge in [-0.25, -0.2) is 0 Å². The van der Waals surface area contributed by atoms with Crippen LogP contribution in [0.5, 0.6) is 0 Å². The Morgan fingerprint density at radius 3 is 1.44 bits per heavy atom. The van der Waals surface area contributed by atoms with E-state index in [0.29, 0.717) is 0 Å². The average Bonchev–Trinajstić information content (AvgIpc) is 2.51. The molecule has 1 heteroatoms. The minimum atomic E-state index is 1.14. The van der Waals surface area contributed by atoms with E-state index in [-0.39, 0.29) is 0 Å². The van der Waals surface area contributed by atoms with Crippen molar-refractivity contribution in [1.82, 2.24) is 0 Å². The highest BCUT2D eigenvalue weighted by molar-refractivity contribution is 14.1. The smallest absolute Gasteiger partial charge is 0.0121 e. The van der Waals surface area contributed by atoms with Crippen LogP contribution < -0.4 is 0 Å². The second-order valence-electron chi connectivity index (χ2n) is 1.09. The number of rotatable bonds is 0. The summed E-state index contributed by atoms with van der Waals surface area (Å²) in [5.74, 6) is 0. The van der Waals surface area contributed by atoms with Gasteiger partial charge in [0, 0.05) is 0 Å². The standard InChI is InChI=1S/C5H6.C2H6.CH3I/c1-2-4-5-3-1;2*1-2/h1-4H,5H2;1-2H3;1H3. The van der Waals surface area contributed by atoms with E-state index in [2.05, 4.69) is 46.9 Å². The first-order valence-corrected chi connectivity index (χ1v) is 5.35. The SMILES string of the molecule is C1=CCC=C1.CC.CI. The van der Waals surface area contributed by atoms with Crippen molar-refractivity contribution in [2.45, 2.75) is 20.3 Å². The van der Waals surface area contributed by atoms with Gasteiger partial charge in [-0.3, -0.25) is 0 Å². The maximum Gasteiger partial charge on any atom is -0.0121 e. The number of allylic oxidation sites excluding steroid dienone is 4. The Bertz CT molecular complexity index is 62.6. The summed E-state index contributed by atoms with van der Waals surface area (Å²) in [6, 6.07) is 0. The summed E-state index contributed by atoms with van der Waals surface area (Å²) in [5, 5.41) is 0. The van der Waals surface area contributed by atoms with Crippen molar-refractivity contribution in [3.63, 3.8) is 0 Å². The summed E-state index contributed by atoms with van der Waals surface area (Å²) in [6.45, 7) is 4.00. The highest BCUT2D eigenvalue weighted by atomic mass is 127. The molecule has 0 N–H and O–H groups in total. The van der Waals surface area contributed by atoms with Crippen molar-refractivity contribution in [3.05, 3.63) is 24.3 Å². The molecule has 0 atom stereocenters. The van der Waals surface area contributed by atoms with E-state index < -0.39 is 0 Å². The zero-order valence-corrected chi connectivity index (χ0v) is 8.55. The van der Waals surface area contributed by atoms with Crippen LogP contribution in [-0.2, 0) is 0 Å². The van der Waals surface area contributed by atoms with Gasteiger partial charge in [-0.15, -0.1) is 0 Å². The van der Waals surface area contributed by atoms with Gasteiger partial charge in [-0.2, -0.15) is 0 Å². The minimum Gasteiger partial charge on any atom is -0.0901 e. The fourth-order valence-electron chi connectivity index (χ4n) is 0.393. The highest BCUT2D eigenvalue weighted by Crippen LogP contribution is 1.93. The molecule has 0 amide bonds. The van der Waals surface area contributed by atoms with Crippen LogP contribution in [0.1, 0.15) is 20.3 Å². The van der Waals surface area contributed by atoms with Crippen LogP contribution in [0.3, 0.4) is 0 Å². The summed E-state index contributed by atoms with van der Waals surface area (Å²) in [5.41, 5.74) is 0. The molecule has 0 radical (unpaired) electrons. The Morgan fingerprint density at radius 1 is 1.00 bits per heavy atom. The van der Waals surface area contributed by atoms with Gasteiger partial charge in [-0.1, -0.05) is 60.7 Å². The molecule has 0 fully saturated rings. The van der Waals surface area contributed by atoms with E-state index in [9.17, 15) is 0 Å². The molecule has 0 spiro atoms. The van der Waals surface area contributed by atoms with Gasteiger partial charge < -0.3 is 0 Å².